The lowest BCUT2D eigenvalue weighted by Gasteiger charge is -2.06. The average molecular weight is 308 g/mol. The summed E-state index contributed by atoms with van der Waals surface area (Å²) in [5.74, 6) is 0.684. The maximum atomic E-state index is 11.1. The highest BCUT2D eigenvalue weighted by molar-refractivity contribution is 7.98. The van der Waals surface area contributed by atoms with E-state index in [1.165, 1.54) is 22.9 Å². The molecular formula is C15H14ClNO2S. The second-order valence-corrected chi connectivity index (χ2v) is 6.05. The zero-order valence-corrected chi connectivity index (χ0v) is 12.8. The predicted octanol–water partition coefficient (Wildman–Crippen LogP) is 5.16. The quantitative estimate of drug-likeness (QED) is 0.445. The molecule has 0 amide bonds. The molecule has 5 heteroatoms. The van der Waals surface area contributed by atoms with Crippen LogP contribution < -0.4 is 0 Å². The summed E-state index contributed by atoms with van der Waals surface area (Å²) in [4.78, 5) is 11.2. The Labute approximate surface area is 127 Å². The summed E-state index contributed by atoms with van der Waals surface area (Å²) in [6.07, 6.45) is 0. The molecule has 104 valence electrons. The van der Waals surface area contributed by atoms with E-state index in [1.807, 2.05) is 13.8 Å². The second kappa shape index (κ2) is 6.29. The SMILES string of the molecule is Cc1cc(C)cc(CSc2cccc(Cl)c2[N+](=O)[O-])c1. The molecule has 2 rings (SSSR count). The Bertz CT molecular complexity index is 638. The van der Waals surface area contributed by atoms with Crippen LogP contribution in [0.2, 0.25) is 5.02 Å². The van der Waals surface area contributed by atoms with Crippen molar-refractivity contribution in [2.75, 3.05) is 0 Å². The topological polar surface area (TPSA) is 43.1 Å². The molecule has 0 aliphatic rings. The summed E-state index contributed by atoms with van der Waals surface area (Å²) in [7, 11) is 0. The Morgan fingerprint density at radius 2 is 1.85 bits per heavy atom. The summed E-state index contributed by atoms with van der Waals surface area (Å²) >= 11 is 7.34. The van der Waals surface area contributed by atoms with E-state index in [0.29, 0.717) is 10.6 Å². The Kier molecular flexibility index (Phi) is 4.68. The lowest BCUT2D eigenvalue weighted by Crippen LogP contribution is -1.92. The van der Waals surface area contributed by atoms with Crippen molar-refractivity contribution in [2.45, 2.75) is 24.5 Å². The first kappa shape index (κ1) is 14.9. The van der Waals surface area contributed by atoms with Crippen LogP contribution in [-0.2, 0) is 5.75 Å². The molecular weight excluding hydrogens is 294 g/mol. The minimum Gasteiger partial charge on any atom is -0.258 e. The first-order valence-corrected chi connectivity index (χ1v) is 7.46. The van der Waals surface area contributed by atoms with Crippen molar-refractivity contribution in [3.8, 4) is 0 Å². The number of halogens is 1. The minimum absolute atomic E-state index is 0.0106. The van der Waals surface area contributed by atoms with Crippen molar-refractivity contribution in [2.24, 2.45) is 0 Å². The molecule has 0 aliphatic heterocycles. The first-order chi connectivity index (χ1) is 9.47. The third kappa shape index (κ3) is 3.52. The number of thioether (sulfide) groups is 1. The molecule has 0 spiro atoms. The maximum Gasteiger partial charge on any atom is 0.301 e. The molecule has 0 fully saturated rings. The predicted molar refractivity (Wildman–Crippen MR) is 83.6 cm³/mol. The number of nitro benzene ring substituents is 1. The molecule has 2 aromatic rings. The van der Waals surface area contributed by atoms with Crippen molar-refractivity contribution in [1.29, 1.82) is 0 Å². The van der Waals surface area contributed by atoms with Gasteiger partial charge in [0.25, 0.3) is 0 Å². The van der Waals surface area contributed by atoms with Gasteiger partial charge >= 0.3 is 5.69 Å². The summed E-state index contributed by atoms with van der Waals surface area (Å²) in [5, 5.41) is 11.3. The van der Waals surface area contributed by atoms with Crippen LogP contribution in [0.5, 0.6) is 0 Å². The Morgan fingerprint density at radius 3 is 2.45 bits per heavy atom. The molecule has 0 saturated heterocycles. The third-order valence-electron chi connectivity index (χ3n) is 2.81. The van der Waals surface area contributed by atoms with Crippen LogP contribution in [0.4, 0.5) is 5.69 Å². The Balaban J connectivity index is 2.23. The molecule has 3 nitrogen and oxygen atoms in total. The van der Waals surface area contributed by atoms with Crippen molar-refractivity contribution in [1.82, 2.24) is 0 Å². The molecule has 0 bridgehead atoms. The van der Waals surface area contributed by atoms with E-state index in [1.54, 1.807) is 18.2 Å². The highest BCUT2D eigenvalue weighted by atomic mass is 35.5. The molecule has 2 aromatic carbocycles. The average Bonchev–Trinajstić information content (AvgIpc) is 2.34. The monoisotopic (exact) mass is 307 g/mol. The largest absolute Gasteiger partial charge is 0.301 e. The zero-order valence-electron chi connectivity index (χ0n) is 11.2. The molecule has 0 saturated carbocycles. The van der Waals surface area contributed by atoms with E-state index in [2.05, 4.69) is 18.2 Å². The molecule has 0 unspecified atom stereocenters. The third-order valence-corrected chi connectivity index (χ3v) is 4.23. The smallest absolute Gasteiger partial charge is 0.258 e. The Morgan fingerprint density at radius 1 is 1.20 bits per heavy atom. The second-order valence-electron chi connectivity index (χ2n) is 4.63. The number of rotatable bonds is 4. The first-order valence-electron chi connectivity index (χ1n) is 6.10. The molecule has 0 atom stereocenters. The summed E-state index contributed by atoms with van der Waals surface area (Å²) in [5.41, 5.74) is 3.53. The Hall–Kier alpha value is -1.52. The number of aryl methyl sites for hydroxylation is 2. The standard InChI is InChI=1S/C15H14ClNO2S/c1-10-6-11(2)8-12(7-10)9-20-14-5-3-4-13(16)15(14)17(18)19/h3-8H,9H2,1-2H3. The van der Waals surface area contributed by atoms with Crippen LogP contribution >= 0.6 is 23.4 Å². The summed E-state index contributed by atoms with van der Waals surface area (Å²) in [6.45, 7) is 4.09. The fraction of sp³-hybridized carbons (Fsp3) is 0.200. The van der Waals surface area contributed by atoms with Crippen molar-refractivity contribution >= 4 is 29.1 Å². The van der Waals surface area contributed by atoms with Gasteiger partial charge in [0.15, 0.2) is 0 Å². The van der Waals surface area contributed by atoms with Gasteiger partial charge in [0, 0.05) is 5.75 Å². The highest BCUT2D eigenvalue weighted by Gasteiger charge is 2.18. The maximum absolute atomic E-state index is 11.1. The van der Waals surface area contributed by atoms with Gasteiger partial charge in [0.05, 0.1) is 9.82 Å². The summed E-state index contributed by atoms with van der Waals surface area (Å²) < 4.78 is 0. The van der Waals surface area contributed by atoms with E-state index < -0.39 is 4.92 Å². The van der Waals surface area contributed by atoms with E-state index in [-0.39, 0.29) is 10.7 Å². The van der Waals surface area contributed by atoms with Crippen molar-refractivity contribution < 1.29 is 4.92 Å². The van der Waals surface area contributed by atoms with Gasteiger partial charge in [0.2, 0.25) is 0 Å². The van der Waals surface area contributed by atoms with E-state index in [0.717, 1.165) is 5.56 Å². The highest BCUT2D eigenvalue weighted by Crippen LogP contribution is 2.36. The molecule has 0 heterocycles. The van der Waals surface area contributed by atoms with E-state index in [9.17, 15) is 10.1 Å². The molecule has 0 radical (unpaired) electrons. The van der Waals surface area contributed by atoms with Crippen LogP contribution in [0.1, 0.15) is 16.7 Å². The lowest BCUT2D eigenvalue weighted by molar-refractivity contribution is -0.387. The number of nitrogens with zero attached hydrogens (tertiary/aromatic N) is 1. The van der Waals surface area contributed by atoms with Gasteiger partial charge in [-0.05, 0) is 31.5 Å². The van der Waals surface area contributed by atoms with Gasteiger partial charge in [-0.1, -0.05) is 47.0 Å². The zero-order chi connectivity index (χ0) is 14.7. The number of hydrogen-bond acceptors (Lipinski definition) is 3. The summed E-state index contributed by atoms with van der Waals surface area (Å²) in [6, 6.07) is 11.3. The minimum atomic E-state index is -0.424. The number of nitro groups is 1. The van der Waals surface area contributed by atoms with Crippen LogP contribution in [0.15, 0.2) is 41.3 Å². The van der Waals surface area contributed by atoms with Gasteiger partial charge in [-0.3, -0.25) is 10.1 Å². The van der Waals surface area contributed by atoms with Gasteiger partial charge < -0.3 is 0 Å². The van der Waals surface area contributed by atoms with E-state index >= 15 is 0 Å². The van der Waals surface area contributed by atoms with Gasteiger partial charge in [-0.25, -0.2) is 0 Å². The van der Waals surface area contributed by atoms with Gasteiger partial charge in [-0.15, -0.1) is 11.8 Å². The van der Waals surface area contributed by atoms with Crippen LogP contribution in [0.3, 0.4) is 0 Å². The number of hydrogen-bond donors (Lipinski definition) is 0. The van der Waals surface area contributed by atoms with E-state index in [4.69, 9.17) is 11.6 Å². The number of para-hydroxylation sites is 1. The van der Waals surface area contributed by atoms with Crippen LogP contribution in [0.25, 0.3) is 0 Å². The molecule has 0 aromatic heterocycles. The van der Waals surface area contributed by atoms with Crippen LogP contribution in [0, 0.1) is 24.0 Å². The van der Waals surface area contributed by atoms with Crippen molar-refractivity contribution in [3.63, 3.8) is 0 Å². The molecule has 0 aliphatic carbocycles. The molecule has 20 heavy (non-hydrogen) atoms. The lowest BCUT2D eigenvalue weighted by atomic mass is 10.1. The van der Waals surface area contributed by atoms with Gasteiger partial charge in [-0.2, -0.15) is 0 Å². The molecule has 0 N–H and O–H groups in total. The number of benzene rings is 2. The fourth-order valence-electron chi connectivity index (χ4n) is 2.10. The van der Waals surface area contributed by atoms with Crippen molar-refractivity contribution in [3.05, 3.63) is 68.2 Å². The van der Waals surface area contributed by atoms with Gasteiger partial charge in [0.1, 0.15) is 5.02 Å². The van der Waals surface area contributed by atoms with Crippen LogP contribution in [-0.4, -0.2) is 4.92 Å². The normalized spacial score (nSPS) is 10.6. The fourth-order valence-corrected chi connectivity index (χ4v) is 3.39.